The minimum absolute atomic E-state index is 0.0895. The number of aliphatic hydroxyl groups excluding tert-OH is 1. The molecule has 3 rings (SSSR count). The van der Waals surface area contributed by atoms with E-state index in [1.165, 1.54) is 5.57 Å². The molecule has 120 valence electrons. The number of rotatable bonds is 1. The van der Waals surface area contributed by atoms with Crippen LogP contribution in [-0.4, -0.2) is 30.2 Å². The number of allylic oxidation sites excluding steroid dienone is 1. The minimum Gasteiger partial charge on any atom is -0.396 e. The Morgan fingerprint density at radius 1 is 1.29 bits per heavy atom. The summed E-state index contributed by atoms with van der Waals surface area (Å²) in [6.07, 6.45) is 5.68. The Morgan fingerprint density at radius 3 is 2.67 bits per heavy atom. The molecule has 0 amide bonds. The predicted octanol–water partition coefficient (Wildman–Crippen LogP) is 3.52. The smallest absolute Gasteiger partial charge is 0.163 e. The highest BCUT2D eigenvalue weighted by molar-refractivity contribution is 5.22. The second-order valence-electron chi connectivity index (χ2n) is 8.40. The largest absolute Gasteiger partial charge is 0.396 e. The van der Waals surface area contributed by atoms with Crippen molar-refractivity contribution in [3.05, 3.63) is 11.6 Å². The average Bonchev–Trinajstić information content (AvgIpc) is 2.51. The van der Waals surface area contributed by atoms with Gasteiger partial charge in [-0.2, -0.15) is 0 Å². The van der Waals surface area contributed by atoms with Crippen LogP contribution in [0.4, 0.5) is 0 Å². The van der Waals surface area contributed by atoms with E-state index in [9.17, 15) is 5.11 Å². The summed E-state index contributed by atoms with van der Waals surface area (Å²) in [6.45, 7) is 11.8. The standard InChI is InChI=1S/C18H30O3/c1-12-6-7-14-16(2,3)9-8-15-18(14,11-19)13(12)10-20-17(4,5)21-15/h6,13-15,19H,7-11H2,1-5H3/t13-,14-,15+,18-/m1/s1. The van der Waals surface area contributed by atoms with E-state index in [1.807, 2.05) is 13.8 Å². The molecule has 0 aromatic carbocycles. The van der Waals surface area contributed by atoms with Crippen molar-refractivity contribution in [3.63, 3.8) is 0 Å². The van der Waals surface area contributed by atoms with E-state index in [1.54, 1.807) is 0 Å². The van der Waals surface area contributed by atoms with E-state index in [0.717, 1.165) is 19.3 Å². The highest BCUT2D eigenvalue weighted by Crippen LogP contribution is 2.61. The van der Waals surface area contributed by atoms with Crippen LogP contribution in [0.25, 0.3) is 0 Å². The maximum Gasteiger partial charge on any atom is 0.163 e. The van der Waals surface area contributed by atoms with Gasteiger partial charge < -0.3 is 14.6 Å². The monoisotopic (exact) mass is 294 g/mol. The second-order valence-corrected chi connectivity index (χ2v) is 8.40. The maximum absolute atomic E-state index is 10.5. The zero-order valence-electron chi connectivity index (χ0n) is 14.1. The van der Waals surface area contributed by atoms with Gasteiger partial charge in [0.2, 0.25) is 0 Å². The van der Waals surface area contributed by atoms with E-state index in [2.05, 4.69) is 26.8 Å². The number of ether oxygens (including phenoxy) is 2. The molecule has 0 bridgehead atoms. The van der Waals surface area contributed by atoms with Gasteiger partial charge in [-0.3, -0.25) is 0 Å². The molecule has 0 aromatic rings. The molecule has 1 N–H and O–H groups in total. The lowest BCUT2D eigenvalue weighted by Crippen LogP contribution is -2.60. The van der Waals surface area contributed by atoms with Gasteiger partial charge in [0.25, 0.3) is 0 Å². The summed E-state index contributed by atoms with van der Waals surface area (Å²) in [4.78, 5) is 0. The molecule has 1 aliphatic heterocycles. The topological polar surface area (TPSA) is 38.7 Å². The van der Waals surface area contributed by atoms with Crippen LogP contribution in [0.1, 0.15) is 53.9 Å². The quantitative estimate of drug-likeness (QED) is 0.752. The fraction of sp³-hybridized carbons (Fsp3) is 0.889. The SMILES string of the molecule is CC1=CC[C@@H]2C(C)(C)CC[C@@H]3OC(C)(C)OC[C@H]1[C@@]32CO. The van der Waals surface area contributed by atoms with Gasteiger partial charge in [0.05, 0.1) is 19.3 Å². The van der Waals surface area contributed by atoms with Crippen LogP contribution in [-0.2, 0) is 9.47 Å². The molecule has 0 spiro atoms. The zero-order chi connectivity index (χ0) is 15.5. The van der Waals surface area contributed by atoms with Gasteiger partial charge in [-0.1, -0.05) is 25.5 Å². The van der Waals surface area contributed by atoms with Crippen LogP contribution < -0.4 is 0 Å². The van der Waals surface area contributed by atoms with E-state index in [4.69, 9.17) is 9.47 Å². The van der Waals surface area contributed by atoms with Crippen molar-refractivity contribution in [1.29, 1.82) is 0 Å². The first kappa shape index (κ1) is 15.5. The summed E-state index contributed by atoms with van der Waals surface area (Å²) in [5.74, 6) is 0.170. The van der Waals surface area contributed by atoms with E-state index >= 15 is 0 Å². The molecule has 1 saturated carbocycles. The Labute approximate surface area is 128 Å². The zero-order valence-corrected chi connectivity index (χ0v) is 14.1. The van der Waals surface area contributed by atoms with Gasteiger partial charge >= 0.3 is 0 Å². The first-order valence-corrected chi connectivity index (χ1v) is 8.32. The fourth-order valence-electron chi connectivity index (χ4n) is 5.21. The highest BCUT2D eigenvalue weighted by atomic mass is 16.7. The first-order chi connectivity index (χ1) is 9.73. The molecular formula is C18H30O3. The molecule has 2 fully saturated rings. The molecule has 3 heteroatoms. The Morgan fingerprint density at radius 2 is 2.00 bits per heavy atom. The summed E-state index contributed by atoms with van der Waals surface area (Å²) in [5, 5.41) is 10.5. The maximum atomic E-state index is 10.5. The number of hydrogen-bond acceptors (Lipinski definition) is 3. The molecule has 3 nitrogen and oxygen atoms in total. The normalized spacial score (nSPS) is 44.5. The first-order valence-electron chi connectivity index (χ1n) is 8.32. The molecule has 3 aliphatic rings. The van der Waals surface area contributed by atoms with E-state index in [-0.39, 0.29) is 29.5 Å². The van der Waals surface area contributed by atoms with Crippen LogP contribution in [0, 0.1) is 22.7 Å². The Hall–Kier alpha value is -0.380. The molecule has 1 heterocycles. The summed E-state index contributed by atoms with van der Waals surface area (Å²) in [6, 6.07) is 0. The van der Waals surface area contributed by atoms with Crippen molar-refractivity contribution in [1.82, 2.24) is 0 Å². The third-order valence-electron chi connectivity index (χ3n) is 6.41. The second kappa shape index (κ2) is 4.81. The summed E-state index contributed by atoms with van der Waals surface area (Å²) in [5.41, 5.74) is 1.42. The molecule has 1 saturated heterocycles. The van der Waals surface area contributed by atoms with Gasteiger partial charge in [0.1, 0.15) is 0 Å². The van der Waals surface area contributed by atoms with Gasteiger partial charge in [0, 0.05) is 11.3 Å². The van der Waals surface area contributed by atoms with Crippen molar-refractivity contribution in [2.45, 2.75) is 65.8 Å². The van der Waals surface area contributed by atoms with Crippen LogP contribution in [0.2, 0.25) is 0 Å². The van der Waals surface area contributed by atoms with Gasteiger partial charge in [-0.25, -0.2) is 0 Å². The van der Waals surface area contributed by atoms with Gasteiger partial charge in [-0.05, 0) is 51.4 Å². The van der Waals surface area contributed by atoms with E-state index < -0.39 is 5.79 Å². The summed E-state index contributed by atoms with van der Waals surface area (Å²) < 4.78 is 12.4. The van der Waals surface area contributed by atoms with E-state index in [0.29, 0.717) is 12.5 Å². The van der Waals surface area contributed by atoms with Crippen LogP contribution in [0.5, 0.6) is 0 Å². The molecular weight excluding hydrogens is 264 g/mol. The Kier molecular flexibility index (Phi) is 3.55. The van der Waals surface area contributed by atoms with Crippen molar-refractivity contribution >= 4 is 0 Å². The van der Waals surface area contributed by atoms with Gasteiger partial charge in [0.15, 0.2) is 5.79 Å². The summed E-state index contributed by atoms with van der Waals surface area (Å²) >= 11 is 0. The minimum atomic E-state index is -0.559. The van der Waals surface area contributed by atoms with Crippen molar-refractivity contribution in [3.8, 4) is 0 Å². The van der Waals surface area contributed by atoms with Crippen molar-refractivity contribution < 1.29 is 14.6 Å². The Balaban J connectivity index is 2.13. The number of hydrogen-bond donors (Lipinski definition) is 1. The Bertz CT molecular complexity index is 451. The van der Waals surface area contributed by atoms with Crippen molar-refractivity contribution in [2.24, 2.45) is 22.7 Å². The summed E-state index contributed by atoms with van der Waals surface area (Å²) in [7, 11) is 0. The molecule has 4 atom stereocenters. The number of aliphatic hydroxyl groups is 1. The lowest BCUT2D eigenvalue weighted by molar-refractivity contribution is -0.254. The molecule has 2 aliphatic carbocycles. The van der Waals surface area contributed by atoms with Crippen LogP contribution in [0.3, 0.4) is 0 Å². The molecule has 0 aromatic heterocycles. The highest BCUT2D eigenvalue weighted by Gasteiger charge is 2.61. The lowest BCUT2D eigenvalue weighted by Gasteiger charge is -2.59. The van der Waals surface area contributed by atoms with Crippen LogP contribution >= 0.6 is 0 Å². The molecule has 21 heavy (non-hydrogen) atoms. The fourth-order valence-corrected chi connectivity index (χ4v) is 5.21. The third kappa shape index (κ3) is 2.20. The third-order valence-corrected chi connectivity index (χ3v) is 6.41. The lowest BCUT2D eigenvalue weighted by atomic mass is 9.47. The van der Waals surface area contributed by atoms with Crippen LogP contribution in [0.15, 0.2) is 11.6 Å². The van der Waals surface area contributed by atoms with Gasteiger partial charge in [-0.15, -0.1) is 0 Å². The predicted molar refractivity (Wildman–Crippen MR) is 82.8 cm³/mol. The van der Waals surface area contributed by atoms with Crippen molar-refractivity contribution in [2.75, 3.05) is 13.2 Å². The molecule has 0 radical (unpaired) electrons. The molecule has 0 unspecified atom stereocenters. The average molecular weight is 294 g/mol.